The number of hydrogen-bond donors (Lipinski definition) is 2. The molecule has 2 rings (SSSR count). The Labute approximate surface area is 103 Å². The normalized spacial score (nSPS) is 10.6. The number of anilines is 1. The van der Waals surface area contributed by atoms with Gasteiger partial charge in [0, 0.05) is 5.56 Å². The highest BCUT2D eigenvalue weighted by molar-refractivity contribution is 7.17. The first-order chi connectivity index (χ1) is 8.41. The van der Waals surface area contributed by atoms with Crippen LogP contribution in [-0.4, -0.2) is 16.1 Å². The van der Waals surface area contributed by atoms with Crippen LogP contribution in [0.5, 0.6) is 0 Å². The van der Waals surface area contributed by atoms with Crippen LogP contribution in [0.2, 0.25) is 0 Å². The molecule has 0 fully saturated rings. The summed E-state index contributed by atoms with van der Waals surface area (Å²) in [5.41, 5.74) is 4.56. The fourth-order valence-corrected chi connectivity index (χ4v) is 2.06. The van der Waals surface area contributed by atoms with Crippen LogP contribution in [0.4, 0.5) is 18.3 Å². The van der Waals surface area contributed by atoms with Gasteiger partial charge in [-0.05, 0) is 12.1 Å². The Balaban J connectivity index is 2.70. The van der Waals surface area contributed by atoms with Gasteiger partial charge in [0.15, 0.2) is 22.6 Å². The lowest BCUT2D eigenvalue weighted by Gasteiger charge is -2.02. The van der Waals surface area contributed by atoms with Crippen molar-refractivity contribution < 1.29 is 23.1 Å². The van der Waals surface area contributed by atoms with Gasteiger partial charge < -0.3 is 10.8 Å². The van der Waals surface area contributed by atoms with Gasteiger partial charge in [-0.15, -0.1) is 0 Å². The molecule has 4 nitrogen and oxygen atoms in total. The van der Waals surface area contributed by atoms with Crippen LogP contribution in [0.1, 0.15) is 9.67 Å². The molecule has 2 aromatic rings. The number of rotatable bonds is 2. The number of hydrogen-bond acceptors (Lipinski definition) is 4. The zero-order chi connectivity index (χ0) is 13.4. The first-order valence-corrected chi connectivity index (χ1v) is 5.37. The van der Waals surface area contributed by atoms with Crippen molar-refractivity contribution in [3.05, 3.63) is 34.5 Å². The number of carbonyl (C=O) groups is 1. The summed E-state index contributed by atoms with van der Waals surface area (Å²) in [6, 6.07) is 1.60. The molecule has 0 aliphatic heterocycles. The molecule has 1 heterocycles. The predicted molar refractivity (Wildman–Crippen MR) is 58.8 cm³/mol. The highest BCUT2D eigenvalue weighted by Gasteiger charge is 2.23. The molecule has 0 saturated carbocycles. The van der Waals surface area contributed by atoms with Gasteiger partial charge in [0.2, 0.25) is 0 Å². The molecule has 94 valence electrons. The van der Waals surface area contributed by atoms with E-state index < -0.39 is 29.0 Å². The molecule has 1 aromatic heterocycles. The minimum absolute atomic E-state index is 0.105. The van der Waals surface area contributed by atoms with Crippen LogP contribution in [-0.2, 0) is 0 Å². The lowest BCUT2D eigenvalue weighted by Crippen LogP contribution is -1.99. The molecule has 0 saturated heterocycles. The van der Waals surface area contributed by atoms with Gasteiger partial charge >= 0.3 is 5.97 Å². The van der Waals surface area contributed by atoms with Crippen molar-refractivity contribution in [2.75, 3.05) is 5.73 Å². The van der Waals surface area contributed by atoms with E-state index in [0.717, 1.165) is 6.07 Å². The summed E-state index contributed by atoms with van der Waals surface area (Å²) in [5, 5.41) is 8.77. The van der Waals surface area contributed by atoms with Crippen molar-refractivity contribution in [1.29, 1.82) is 0 Å². The van der Waals surface area contributed by atoms with E-state index in [0.29, 0.717) is 17.4 Å². The summed E-state index contributed by atoms with van der Waals surface area (Å²) in [4.78, 5) is 14.2. The maximum Gasteiger partial charge on any atom is 0.348 e. The SMILES string of the molecule is Nc1nc(-c2ccc(F)c(F)c2F)c(C(=O)O)s1. The van der Waals surface area contributed by atoms with Crippen LogP contribution in [0.25, 0.3) is 11.3 Å². The fourth-order valence-electron chi connectivity index (χ4n) is 1.37. The van der Waals surface area contributed by atoms with E-state index in [-0.39, 0.29) is 15.7 Å². The van der Waals surface area contributed by atoms with Crippen LogP contribution < -0.4 is 5.73 Å². The van der Waals surface area contributed by atoms with Crippen molar-refractivity contribution in [2.24, 2.45) is 0 Å². The average Bonchev–Trinajstić information content (AvgIpc) is 2.68. The molecule has 0 bridgehead atoms. The van der Waals surface area contributed by atoms with E-state index in [1.54, 1.807) is 0 Å². The van der Waals surface area contributed by atoms with Gasteiger partial charge in [-0.25, -0.2) is 22.9 Å². The third kappa shape index (κ3) is 1.90. The van der Waals surface area contributed by atoms with E-state index >= 15 is 0 Å². The summed E-state index contributed by atoms with van der Waals surface area (Å²) in [7, 11) is 0. The van der Waals surface area contributed by atoms with Gasteiger partial charge in [-0.1, -0.05) is 11.3 Å². The monoisotopic (exact) mass is 274 g/mol. The number of nitrogens with zero attached hydrogens (tertiary/aromatic N) is 1. The Hall–Kier alpha value is -2.09. The van der Waals surface area contributed by atoms with Crippen molar-refractivity contribution in [3.63, 3.8) is 0 Å². The number of nitrogens with two attached hydrogens (primary N) is 1. The predicted octanol–water partition coefficient (Wildman–Crippen LogP) is 2.51. The van der Waals surface area contributed by atoms with E-state index in [4.69, 9.17) is 10.8 Å². The van der Waals surface area contributed by atoms with E-state index in [1.165, 1.54) is 0 Å². The highest BCUT2D eigenvalue weighted by Crippen LogP contribution is 2.32. The maximum absolute atomic E-state index is 13.5. The summed E-state index contributed by atoms with van der Waals surface area (Å²) in [5.74, 6) is -5.92. The smallest absolute Gasteiger partial charge is 0.348 e. The quantitative estimate of drug-likeness (QED) is 0.825. The first-order valence-electron chi connectivity index (χ1n) is 4.55. The molecule has 0 spiro atoms. The van der Waals surface area contributed by atoms with Crippen molar-refractivity contribution in [1.82, 2.24) is 4.98 Å². The number of nitrogen functional groups attached to an aromatic ring is 1. The van der Waals surface area contributed by atoms with E-state index in [1.807, 2.05) is 0 Å². The molecular weight excluding hydrogens is 269 g/mol. The van der Waals surface area contributed by atoms with Gasteiger partial charge in [0.25, 0.3) is 0 Å². The van der Waals surface area contributed by atoms with Crippen molar-refractivity contribution in [3.8, 4) is 11.3 Å². The molecular formula is C10H5F3N2O2S. The second kappa shape index (κ2) is 4.30. The molecule has 8 heteroatoms. The number of halogens is 3. The van der Waals surface area contributed by atoms with Crippen LogP contribution in [0.3, 0.4) is 0 Å². The Kier molecular flexibility index (Phi) is 2.95. The van der Waals surface area contributed by atoms with Gasteiger partial charge in [0.1, 0.15) is 10.6 Å². The molecule has 0 unspecified atom stereocenters. The lowest BCUT2D eigenvalue weighted by molar-refractivity contribution is 0.0702. The minimum Gasteiger partial charge on any atom is -0.477 e. The third-order valence-electron chi connectivity index (χ3n) is 2.13. The Morgan fingerprint density at radius 3 is 2.56 bits per heavy atom. The number of thiazole rings is 1. The topological polar surface area (TPSA) is 76.2 Å². The zero-order valence-corrected chi connectivity index (χ0v) is 9.39. The lowest BCUT2D eigenvalue weighted by atomic mass is 10.1. The van der Waals surface area contributed by atoms with Crippen molar-refractivity contribution in [2.45, 2.75) is 0 Å². The third-order valence-corrected chi connectivity index (χ3v) is 3.00. The first kappa shape index (κ1) is 12.4. The van der Waals surface area contributed by atoms with Crippen LogP contribution in [0.15, 0.2) is 12.1 Å². The van der Waals surface area contributed by atoms with Gasteiger partial charge in [-0.3, -0.25) is 0 Å². The Bertz CT molecular complexity index is 642. The molecule has 3 N–H and O–H groups in total. The highest BCUT2D eigenvalue weighted by atomic mass is 32.1. The Morgan fingerprint density at radius 1 is 1.28 bits per heavy atom. The Morgan fingerprint density at radius 2 is 1.94 bits per heavy atom. The second-order valence-electron chi connectivity index (χ2n) is 3.26. The van der Waals surface area contributed by atoms with Crippen LogP contribution in [0, 0.1) is 17.5 Å². The molecule has 0 amide bonds. The van der Waals surface area contributed by atoms with Crippen LogP contribution >= 0.6 is 11.3 Å². The number of carboxylic acids is 1. The molecule has 18 heavy (non-hydrogen) atoms. The largest absolute Gasteiger partial charge is 0.477 e. The number of carboxylic acid groups (broad SMARTS) is 1. The fraction of sp³-hybridized carbons (Fsp3) is 0. The maximum atomic E-state index is 13.5. The van der Waals surface area contributed by atoms with E-state index in [9.17, 15) is 18.0 Å². The zero-order valence-electron chi connectivity index (χ0n) is 8.58. The number of aromatic nitrogens is 1. The molecule has 0 atom stereocenters. The standard InChI is InChI=1S/C10H5F3N2O2S/c11-4-2-1-3(5(12)6(4)13)7-8(9(16)17)18-10(14)15-7/h1-2H,(H2,14,15)(H,16,17). The second-order valence-corrected chi connectivity index (χ2v) is 4.29. The summed E-state index contributed by atoms with van der Waals surface area (Å²) in [6.45, 7) is 0. The number of benzene rings is 1. The van der Waals surface area contributed by atoms with Gasteiger partial charge in [0.05, 0.1) is 0 Å². The molecule has 0 aliphatic carbocycles. The molecule has 0 aliphatic rings. The minimum atomic E-state index is -1.68. The summed E-state index contributed by atoms with van der Waals surface area (Å²) in [6.07, 6.45) is 0. The summed E-state index contributed by atoms with van der Waals surface area (Å²) < 4.78 is 39.3. The van der Waals surface area contributed by atoms with Crippen molar-refractivity contribution >= 4 is 22.4 Å². The number of aromatic carboxylic acids is 1. The average molecular weight is 274 g/mol. The molecule has 0 radical (unpaired) electrons. The summed E-state index contributed by atoms with van der Waals surface area (Å²) >= 11 is 0.620. The molecule has 1 aromatic carbocycles. The van der Waals surface area contributed by atoms with E-state index in [2.05, 4.69) is 4.98 Å². The van der Waals surface area contributed by atoms with Gasteiger partial charge in [-0.2, -0.15) is 0 Å².